The lowest BCUT2D eigenvalue weighted by Crippen LogP contribution is -2.05. The average Bonchev–Trinajstić information content (AvgIpc) is 2.59. The normalized spacial score (nSPS) is 9.95. The zero-order valence-electron chi connectivity index (χ0n) is 12.7. The van der Waals surface area contributed by atoms with Gasteiger partial charge in [0.15, 0.2) is 0 Å². The molecule has 0 aliphatic rings. The Morgan fingerprint density at radius 3 is 1.68 bits per heavy atom. The van der Waals surface area contributed by atoms with Crippen molar-refractivity contribution >= 4 is 18.3 Å². The molecular weight excluding hydrogens is 298 g/mol. The van der Waals surface area contributed by atoms with Gasteiger partial charge in [0, 0.05) is 16.9 Å². The summed E-state index contributed by atoms with van der Waals surface area (Å²) in [6, 6.07) is 15.4. The number of benzene rings is 2. The van der Waals surface area contributed by atoms with E-state index >= 15 is 0 Å². The Balaban J connectivity index is 2.33. The topological polar surface area (TPSA) is 40.0 Å². The molecule has 2 aromatic carbocycles. The Morgan fingerprint density at radius 2 is 1.32 bits per heavy atom. The van der Waals surface area contributed by atoms with E-state index in [-0.39, 0.29) is 0 Å². The van der Waals surface area contributed by atoms with Crippen molar-refractivity contribution in [2.24, 2.45) is 5.16 Å². The number of rotatable bonds is 7. The van der Waals surface area contributed by atoms with Gasteiger partial charge in [0.1, 0.15) is 23.8 Å². The van der Waals surface area contributed by atoms with E-state index in [1.54, 1.807) is 14.2 Å². The highest BCUT2D eigenvalue weighted by atomic mass is 32.1. The van der Waals surface area contributed by atoms with E-state index in [2.05, 4.69) is 17.8 Å². The Morgan fingerprint density at radius 1 is 0.864 bits per heavy atom. The molecule has 0 N–H and O–H groups in total. The molecule has 0 spiro atoms. The van der Waals surface area contributed by atoms with Crippen molar-refractivity contribution in [3.63, 3.8) is 0 Å². The van der Waals surface area contributed by atoms with Crippen LogP contribution in [0.4, 0.5) is 0 Å². The lowest BCUT2D eigenvalue weighted by atomic mass is 10.0. The first-order valence-electron chi connectivity index (χ1n) is 6.88. The number of oxime groups is 1. The molecule has 116 valence electrons. The van der Waals surface area contributed by atoms with Crippen LogP contribution in [0.1, 0.15) is 11.1 Å². The first-order chi connectivity index (χ1) is 10.8. The smallest absolute Gasteiger partial charge is 0.126 e. The van der Waals surface area contributed by atoms with Crippen LogP contribution in [0.5, 0.6) is 11.5 Å². The van der Waals surface area contributed by atoms with Crippen LogP contribution in [0.2, 0.25) is 0 Å². The summed E-state index contributed by atoms with van der Waals surface area (Å²) in [5, 5.41) is 4.25. The molecule has 2 aromatic rings. The molecule has 0 aliphatic carbocycles. The van der Waals surface area contributed by atoms with Crippen LogP contribution < -0.4 is 9.47 Å². The monoisotopic (exact) mass is 317 g/mol. The molecule has 0 heterocycles. The summed E-state index contributed by atoms with van der Waals surface area (Å²) in [7, 11) is 3.28. The minimum absolute atomic E-state index is 0.457. The molecule has 0 aliphatic heterocycles. The second kappa shape index (κ2) is 8.34. The summed E-state index contributed by atoms with van der Waals surface area (Å²) in [5.41, 5.74) is 2.65. The number of hydrogen-bond donors (Lipinski definition) is 1. The van der Waals surface area contributed by atoms with Crippen molar-refractivity contribution in [2.75, 3.05) is 26.6 Å². The van der Waals surface area contributed by atoms with Crippen molar-refractivity contribution < 1.29 is 14.3 Å². The lowest BCUT2D eigenvalue weighted by molar-refractivity contribution is 0.162. The fourth-order valence-electron chi connectivity index (χ4n) is 1.92. The van der Waals surface area contributed by atoms with Gasteiger partial charge in [-0.05, 0) is 48.5 Å². The van der Waals surface area contributed by atoms with Crippen molar-refractivity contribution in [3.05, 3.63) is 59.7 Å². The molecule has 0 aromatic heterocycles. The third-order valence-electron chi connectivity index (χ3n) is 3.07. The van der Waals surface area contributed by atoms with Gasteiger partial charge >= 0.3 is 0 Å². The molecule has 0 amide bonds. The zero-order valence-corrected chi connectivity index (χ0v) is 13.5. The molecule has 0 saturated heterocycles. The maximum atomic E-state index is 5.32. The SMILES string of the molecule is COc1ccc(C(=NOCCS)c2ccc(OC)cc2)cc1. The molecule has 0 unspecified atom stereocenters. The quantitative estimate of drug-likeness (QED) is 0.368. The Bertz CT molecular complexity index is 559. The summed E-state index contributed by atoms with van der Waals surface area (Å²) < 4.78 is 10.4. The van der Waals surface area contributed by atoms with E-state index in [1.165, 1.54) is 0 Å². The fourth-order valence-corrected chi connectivity index (χ4v) is 2.00. The highest BCUT2D eigenvalue weighted by Gasteiger charge is 2.09. The number of nitrogens with zero attached hydrogens (tertiary/aromatic N) is 1. The molecular formula is C17H19NO3S. The third-order valence-corrected chi connectivity index (χ3v) is 3.25. The van der Waals surface area contributed by atoms with Crippen molar-refractivity contribution in [1.29, 1.82) is 0 Å². The number of thiol groups is 1. The van der Waals surface area contributed by atoms with Crippen molar-refractivity contribution in [3.8, 4) is 11.5 Å². The van der Waals surface area contributed by atoms with Gasteiger partial charge in [-0.1, -0.05) is 5.16 Å². The molecule has 4 nitrogen and oxygen atoms in total. The molecule has 0 bridgehead atoms. The zero-order chi connectivity index (χ0) is 15.8. The highest BCUT2D eigenvalue weighted by Crippen LogP contribution is 2.18. The summed E-state index contributed by atoms with van der Waals surface area (Å²) in [6.07, 6.45) is 0. The van der Waals surface area contributed by atoms with Crippen LogP contribution in [0.3, 0.4) is 0 Å². The van der Waals surface area contributed by atoms with E-state index < -0.39 is 0 Å². The Hall–Kier alpha value is -2.14. The molecule has 0 saturated carbocycles. The van der Waals surface area contributed by atoms with Crippen LogP contribution in [0.15, 0.2) is 53.7 Å². The maximum absolute atomic E-state index is 5.32. The highest BCUT2D eigenvalue weighted by molar-refractivity contribution is 7.80. The number of ether oxygens (including phenoxy) is 2. The number of hydrogen-bond acceptors (Lipinski definition) is 5. The van der Waals surface area contributed by atoms with Gasteiger partial charge in [-0.3, -0.25) is 0 Å². The third kappa shape index (κ3) is 4.18. The van der Waals surface area contributed by atoms with E-state index in [0.717, 1.165) is 28.3 Å². The standard InChI is InChI=1S/C17H19NO3S/c1-19-15-7-3-13(4-8-15)17(18-21-11-12-22)14-5-9-16(20-2)10-6-14/h3-10,22H,11-12H2,1-2H3. The van der Waals surface area contributed by atoms with Crippen molar-refractivity contribution in [2.45, 2.75) is 0 Å². The van der Waals surface area contributed by atoms with Crippen molar-refractivity contribution in [1.82, 2.24) is 0 Å². The predicted molar refractivity (Wildman–Crippen MR) is 91.4 cm³/mol. The van der Waals surface area contributed by atoms with Gasteiger partial charge in [-0.2, -0.15) is 12.6 Å². The van der Waals surface area contributed by atoms with Crippen LogP contribution >= 0.6 is 12.6 Å². The van der Waals surface area contributed by atoms with E-state index in [0.29, 0.717) is 12.4 Å². The van der Waals surface area contributed by atoms with Crippen LogP contribution in [-0.2, 0) is 4.84 Å². The van der Waals surface area contributed by atoms with Gasteiger partial charge in [0.25, 0.3) is 0 Å². The average molecular weight is 317 g/mol. The van der Waals surface area contributed by atoms with Crippen LogP contribution in [0, 0.1) is 0 Å². The number of methoxy groups -OCH3 is 2. The molecule has 5 heteroatoms. The lowest BCUT2D eigenvalue weighted by Gasteiger charge is -2.09. The second-order valence-corrected chi connectivity index (χ2v) is 4.90. The van der Waals surface area contributed by atoms with Gasteiger partial charge in [-0.25, -0.2) is 0 Å². The maximum Gasteiger partial charge on any atom is 0.126 e. The molecule has 0 radical (unpaired) electrons. The predicted octanol–water partition coefficient (Wildman–Crippen LogP) is 3.40. The molecule has 0 atom stereocenters. The van der Waals surface area contributed by atoms with Gasteiger partial charge in [0.2, 0.25) is 0 Å². The van der Waals surface area contributed by atoms with E-state index in [4.69, 9.17) is 14.3 Å². The minimum atomic E-state index is 0.457. The van der Waals surface area contributed by atoms with Gasteiger partial charge < -0.3 is 14.3 Å². The molecule has 22 heavy (non-hydrogen) atoms. The second-order valence-electron chi connectivity index (χ2n) is 4.45. The van der Waals surface area contributed by atoms with Gasteiger partial charge in [-0.15, -0.1) is 0 Å². The first-order valence-corrected chi connectivity index (χ1v) is 7.51. The van der Waals surface area contributed by atoms with E-state index in [1.807, 2.05) is 48.5 Å². The van der Waals surface area contributed by atoms with E-state index in [9.17, 15) is 0 Å². The fraction of sp³-hybridized carbons (Fsp3) is 0.235. The minimum Gasteiger partial charge on any atom is -0.497 e. The summed E-state index contributed by atoms with van der Waals surface area (Å²) in [5.74, 6) is 2.21. The Kier molecular flexibility index (Phi) is 6.15. The van der Waals surface area contributed by atoms with Crippen LogP contribution in [0.25, 0.3) is 0 Å². The molecule has 0 fully saturated rings. The first kappa shape index (κ1) is 16.2. The van der Waals surface area contributed by atoms with Crippen LogP contribution in [-0.4, -0.2) is 32.3 Å². The Labute approximate surface area is 136 Å². The summed E-state index contributed by atoms with van der Waals surface area (Å²) >= 11 is 4.12. The summed E-state index contributed by atoms with van der Waals surface area (Å²) in [6.45, 7) is 0.457. The summed E-state index contributed by atoms with van der Waals surface area (Å²) in [4.78, 5) is 5.32. The molecule has 2 rings (SSSR count). The largest absolute Gasteiger partial charge is 0.497 e. The van der Waals surface area contributed by atoms with Gasteiger partial charge in [0.05, 0.1) is 14.2 Å².